The standard InChI is InChI=1S/C24H30BrN3O4/c1-13-8-14(2)28-23(30)21(13)12-27-22(29)20-11-18(25)10-17(15(20)3)9-16-4-6-19(7-5-16)32-24(26)31/h8,10-11,16,19H,4-7,9,12H2,1-3H3,(H2,26,31)(H,27,29)(H,28,30). The zero-order chi connectivity index (χ0) is 23.4. The molecule has 172 valence electrons. The Morgan fingerprint density at radius 1 is 1.16 bits per heavy atom. The van der Waals surface area contributed by atoms with Crippen LogP contribution in [0.4, 0.5) is 4.79 Å². The van der Waals surface area contributed by atoms with E-state index in [-0.39, 0.29) is 24.1 Å². The maximum Gasteiger partial charge on any atom is 0.404 e. The Morgan fingerprint density at radius 3 is 2.47 bits per heavy atom. The summed E-state index contributed by atoms with van der Waals surface area (Å²) >= 11 is 3.54. The van der Waals surface area contributed by atoms with Crippen LogP contribution < -0.4 is 16.6 Å². The zero-order valence-corrected chi connectivity index (χ0v) is 20.3. The van der Waals surface area contributed by atoms with Crippen LogP contribution in [-0.2, 0) is 17.7 Å². The van der Waals surface area contributed by atoms with Crippen LogP contribution in [0, 0.1) is 26.7 Å². The lowest BCUT2D eigenvalue weighted by atomic mass is 9.82. The van der Waals surface area contributed by atoms with Gasteiger partial charge in [-0.2, -0.15) is 0 Å². The second-order valence-electron chi connectivity index (χ2n) is 8.65. The molecule has 0 unspecified atom stereocenters. The molecule has 0 bridgehead atoms. The fourth-order valence-electron chi connectivity index (χ4n) is 4.48. The Morgan fingerprint density at radius 2 is 1.84 bits per heavy atom. The molecule has 1 fully saturated rings. The first-order valence-electron chi connectivity index (χ1n) is 10.9. The maximum atomic E-state index is 13.0. The number of hydrogen-bond acceptors (Lipinski definition) is 4. The lowest BCUT2D eigenvalue weighted by Gasteiger charge is -2.28. The minimum Gasteiger partial charge on any atom is -0.446 e. The highest BCUT2D eigenvalue weighted by atomic mass is 79.9. The number of aromatic amines is 1. The first-order valence-corrected chi connectivity index (χ1v) is 11.7. The molecule has 0 aliphatic heterocycles. The van der Waals surface area contributed by atoms with Gasteiger partial charge in [-0.1, -0.05) is 15.9 Å². The van der Waals surface area contributed by atoms with Crippen molar-refractivity contribution >= 4 is 27.9 Å². The molecular formula is C24H30BrN3O4. The van der Waals surface area contributed by atoms with E-state index in [4.69, 9.17) is 10.5 Å². The van der Waals surface area contributed by atoms with Gasteiger partial charge in [-0.25, -0.2) is 4.79 Å². The summed E-state index contributed by atoms with van der Waals surface area (Å²) in [5.41, 5.74) is 9.82. The third-order valence-corrected chi connectivity index (χ3v) is 6.69. The van der Waals surface area contributed by atoms with E-state index in [0.717, 1.165) is 59.0 Å². The molecule has 2 amide bonds. The first-order chi connectivity index (χ1) is 15.1. The van der Waals surface area contributed by atoms with E-state index in [0.29, 0.717) is 17.0 Å². The van der Waals surface area contributed by atoms with Crippen molar-refractivity contribution in [1.82, 2.24) is 10.3 Å². The van der Waals surface area contributed by atoms with E-state index < -0.39 is 6.09 Å². The first kappa shape index (κ1) is 24.0. The molecular weight excluding hydrogens is 474 g/mol. The molecule has 0 atom stereocenters. The number of rotatable bonds is 6. The van der Waals surface area contributed by atoms with E-state index in [1.54, 1.807) is 0 Å². The number of nitrogens with two attached hydrogens (primary N) is 1. The van der Waals surface area contributed by atoms with E-state index in [9.17, 15) is 14.4 Å². The number of pyridine rings is 1. The minimum absolute atomic E-state index is 0.0953. The SMILES string of the molecule is Cc1cc(C)c(CNC(=O)c2cc(Br)cc(CC3CCC(OC(N)=O)CC3)c2C)c(=O)[nH]1. The van der Waals surface area contributed by atoms with Gasteiger partial charge in [0.1, 0.15) is 6.10 Å². The van der Waals surface area contributed by atoms with Crippen molar-refractivity contribution in [2.24, 2.45) is 11.7 Å². The van der Waals surface area contributed by atoms with E-state index in [1.165, 1.54) is 0 Å². The van der Waals surface area contributed by atoms with Crippen molar-refractivity contribution in [3.05, 3.63) is 66.5 Å². The fourth-order valence-corrected chi connectivity index (χ4v) is 4.98. The molecule has 32 heavy (non-hydrogen) atoms. The summed E-state index contributed by atoms with van der Waals surface area (Å²) in [4.78, 5) is 38.9. The minimum atomic E-state index is -0.713. The number of aryl methyl sites for hydroxylation is 2. The van der Waals surface area contributed by atoms with E-state index in [2.05, 4.69) is 32.3 Å². The summed E-state index contributed by atoms with van der Waals surface area (Å²) in [6.07, 6.45) is 3.54. The van der Waals surface area contributed by atoms with Crippen molar-refractivity contribution < 1.29 is 14.3 Å². The Labute approximate surface area is 196 Å². The number of amides is 2. The molecule has 1 heterocycles. The number of carbonyl (C=O) groups excluding carboxylic acids is 2. The topological polar surface area (TPSA) is 114 Å². The molecule has 8 heteroatoms. The Balaban J connectivity index is 1.69. The van der Waals surface area contributed by atoms with Crippen molar-refractivity contribution in [1.29, 1.82) is 0 Å². The fraction of sp³-hybridized carbons (Fsp3) is 0.458. The number of nitrogens with one attached hydrogen (secondary N) is 2. The molecule has 1 aliphatic carbocycles. The largest absolute Gasteiger partial charge is 0.446 e. The van der Waals surface area contributed by atoms with Gasteiger partial charge in [0.15, 0.2) is 0 Å². The van der Waals surface area contributed by atoms with Gasteiger partial charge in [0.05, 0.1) is 0 Å². The van der Waals surface area contributed by atoms with Gasteiger partial charge in [-0.3, -0.25) is 9.59 Å². The third kappa shape index (κ3) is 6.00. The Bertz CT molecular complexity index is 1070. The van der Waals surface area contributed by atoms with Crippen LogP contribution in [0.2, 0.25) is 0 Å². The van der Waals surface area contributed by atoms with Gasteiger partial charge >= 0.3 is 6.09 Å². The molecule has 4 N–H and O–H groups in total. The molecule has 1 saturated carbocycles. The maximum absolute atomic E-state index is 13.0. The number of benzene rings is 1. The number of H-pyrrole nitrogens is 1. The molecule has 2 aromatic rings. The van der Waals surface area contributed by atoms with Gasteiger partial charge in [0.2, 0.25) is 0 Å². The molecule has 0 saturated heterocycles. The van der Waals surface area contributed by atoms with Crippen LogP contribution in [0.5, 0.6) is 0 Å². The molecule has 7 nitrogen and oxygen atoms in total. The van der Waals surface area contributed by atoms with Crippen LogP contribution in [0.3, 0.4) is 0 Å². The lowest BCUT2D eigenvalue weighted by molar-refractivity contribution is 0.0710. The summed E-state index contributed by atoms with van der Waals surface area (Å²) in [5, 5.41) is 2.90. The predicted molar refractivity (Wildman–Crippen MR) is 127 cm³/mol. The Kier molecular flexibility index (Phi) is 7.77. The quantitative estimate of drug-likeness (QED) is 0.547. The van der Waals surface area contributed by atoms with Crippen molar-refractivity contribution in [3.63, 3.8) is 0 Å². The van der Waals surface area contributed by atoms with Crippen molar-refractivity contribution in [3.8, 4) is 0 Å². The van der Waals surface area contributed by atoms with Crippen LogP contribution in [0.1, 0.15) is 64.0 Å². The number of halogens is 1. The van der Waals surface area contributed by atoms with Crippen LogP contribution in [0.25, 0.3) is 0 Å². The molecule has 1 aromatic heterocycles. The normalized spacial score (nSPS) is 18.2. The average molecular weight is 504 g/mol. The van der Waals surface area contributed by atoms with Gasteiger partial charge in [-0.05, 0) is 93.7 Å². The summed E-state index contributed by atoms with van der Waals surface area (Å²) in [6, 6.07) is 5.78. The van der Waals surface area contributed by atoms with E-state index in [1.807, 2.05) is 32.9 Å². The van der Waals surface area contributed by atoms with Gasteiger partial charge in [-0.15, -0.1) is 0 Å². The molecule has 1 aliphatic rings. The second-order valence-corrected chi connectivity index (χ2v) is 9.56. The molecule has 3 rings (SSSR count). The Hall–Kier alpha value is -2.61. The van der Waals surface area contributed by atoms with E-state index >= 15 is 0 Å². The highest BCUT2D eigenvalue weighted by molar-refractivity contribution is 9.10. The van der Waals surface area contributed by atoms with Crippen LogP contribution in [0.15, 0.2) is 27.5 Å². The molecule has 0 spiro atoms. The number of hydrogen-bond donors (Lipinski definition) is 3. The molecule has 1 aromatic carbocycles. The molecule has 0 radical (unpaired) electrons. The summed E-state index contributed by atoms with van der Waals surface area (Å²) in [6.45, 7) is 5.84. The number of aromatic nitrogens is 1. The monoisotopic (exact) mass is 503 g/mol. The number of ether oxygens (including phenoxy) is 1. The van der Waals surface area contributed by atoms with Gasteiger partial charge in [0.25, 0.3) is 11.5 Å². The average Bonchev–Trinajstić information content (AvgIpc) is 2.70. The summed E-state index contributed by atoms with van der Waals surface area (Å²) in [7, 11) is 0. The third-order valence-electron chi connectivity index (χ3n) is 6.23. The summed E-state index contributed by atoms with van der Waals surface area (Å²) < 4.78 is 5.97. The zero-order valence-electron chi connectivity index (χ0n) is 18.7. The number of primary amides is 1. The lowest BCUT2D eigenvalue weighted by Crippen LogP contribution is -2.29. The smallest absolute Gasteiger partial charge is 0.404 e. The second kappa shape index (κ2) is 10.3. The number of carbonyl (C=O) groups is 2. The van der Waals surface area contributed by atoms with Crippen molar-refractivity contribution in [2.75, 3.05) is 0 Å². The van der Waals surface area contributed by atoms with Crippen molar-refractivity contribution in [2.45, 2.75) is 65.5 Å². The van der Waals surface area contributed by atoms with Crippen LogP contribution >= 0.6 is 15.9 Å². The van der Waals surface area contributed by atoms with Gasteiger partial charge < -0.3 is 20.8 Å². The summed E-state index contributed by atoms with van der Waals surface area (Å²) in [5.74, 6) is 0.253. The van der Waals surface area contributed by atoms with Gasteiger partial charge in [0, 0.05) is 27.8 Å². The highest BCUT2D eigenvalue weighted by Crippen LogP contribution is 2.31. The van der Waals surface area contributed by atoms with Crippen LogP contribution in [-0.4, -0.2) is 23.1 Å². The highest BCUT2D eigenvalue weighted by Gasteiger charge is 2.25. The predicted octanol–water partition coefficient (Wildman–Crippen LogP) is 4.19.